The first kappa shape index (κ1) is 16.5. The van der Waals surface area contributed by atoms with Crippen molar-refractivity contribution < 1.29 is 4.74 Å². The highest BCUT2D eigenvalue weighted by Crippen LogP contribution is 2.25. The lowest BCUT2D eigenvalue weighted by Crippen LogP contribution is -2.35. The number of aromatic nitrogens is 1. The van der Waals surface area contributed by atoms with Gasteiger partial charge in [-0.2, -0.15) is 0 Å². The quantitative estimate of drug-likeness (QED) is 0.839. The number of hydrogen-bond acceptors (Lipinski definition) is 4. The van der Waals surface area contributed by atoms with Crippen molar-refractivity contribution in [2.45, 2.75) is 51.7 Å². The minimum Gasteiger partial charge on any atom is -0.476 e. The lowest BCUT2D eigenvalue weighted by molar-refractivity contribution is 0.226. The Morgan fingerprint density at radius 3 is 2.76 bits per heavy atom. The molecular formula is C16H26ClN3O. The van der Waals surface area contributed by atoms with Crippen molar-refractivity contribution in [1.29, 1.82) is 0 Å². The molecule has 1 aromatic rings. The van der Waals surface area contributed by atoms with Gasteiger partial charge in [0.05, 0.1) is 5.02 Å². The van der Waals surface area contributed by atoms with E-state index in [2.05, 4.69) is 43.0 Å². The van der Waals surface area contributed by atoms with Crippen LogP contribution in [0.5, 0.6) is 5.88 Å². The molecule has 1 aliphatic rings. The Morgan fingerprint density at radius 1 is 1.43 bits per heavy atom. The Hall–Kier alpha value is -0.840. The summed E-state index contributed by atoms with van der Waals surface area (Å²) < 4.78 is 5.74. The third kappa shape index (κ3) is 5.81. The maximum absolute atomic E-state index is 6.19. The summed E-state index contributed by atoms with van der Waals surface area (Å²) in [5.41, 5.74) is 1.08. The van der Waals surface area contributed by atoms with Crippen LogP contribution in [0.1, 0.15) is 39.2 Å². The van der Waals surface area contributed by atoms with Crippen molar-refractivity contribution in [1.82, 2.24) is 15.2 Å². The molecule has 0 spiro atoms. The normalized spacial score (nSPS) is 15.5. The zero-order chi connectivity index (χ0) is 15.5. The van der Waals surface area contributed by atoms with E-state index >= 15 is 0 Å². The number of nitrogens with one attached hydrogen (secondary N) is 1. The van der Waals surface area contributed by atoms with E-state index in [1.54, 1.807) is 6.20 Å². The first-order valence-corrected chi connectivity index (χ1v) is 7.95. The van der Waals surface area contributed by atoms with Crippen LogP contribution in [0.4, 0.5) is 0 Å². The highest BCUT2D eigenvalue weighted by atomic mass is 35.5. The van der Waals surface area contributed by atoms with Gasteiger partial charge in [-0.1, -0.05) is 11.6 Å². The number of rotatable bonds is 7. The summed E-state index contributed by atoms with van der Waals surface area (Å²) in [5, 5.41) is 4.10. The zero-order valence-electron chi connectivity index (χ0n) is 13.4. The van der Waals surface area contributed by atoms with Crippen molar-refractivity contribution in [3.8, 4) is 5.88 Å². The van der Waals surface area contributed by atoms with Crippen LogP contribution in [-0.4, -0.2) is 41.7 Å². The summed E-state index contributed by atoms with van der Waals surface area (Å²) in [5.74, 6) is 0.648. The number of hydrogen-bond donors (Lipinski definition) is 1. The van der Waals surface area contributed by atoms with Gasteiger partial charge in [-0.05, 0) is 46.2 Å². The zero-order valence-corrected chi connectivity index (χ0v) is 14.2. The lowest BCUT2D eigenvalue weighted by Gasteiger charge is -2.21. The van der Waals surface area contributed by atoms with Crippen LogP contribution >= 0.6 is 11.6 Å². The van der Waals surface area contributed by atoms with E-state index in [9.17, 15) is 0 Å². The summed E-state index contributed by atoms with van der Waals surface area (Å²) in [7, 11) is 2.15. The molecule has 0 radical (unpaired) electrons. The maximum Gasteiger partial charge on any atom is 0.213 e. The number of halogens is 1. The monoisotopic (exact) mass is 311 g/mol. The van der Waals surface area contributed by atoms with Gasteiger partial charge in [0.1, 0.15) is 6.61 Å². The molecule has 0 saturated heterocycles. The molecule has 4 nitrogen and oxygen atoms in total. The Bertz CT molecular complexity index is 469. The first-order valence-electron chi connectivity index (χ1n) is 7.57. The average molecular weight is 312 g/mol. The van der Waals surface area contributed by atoms with Crippen LogP contribution in [0.3, 0.4) is 0 Å². The molecule has 1 saturated carbocycles. The molecule has 1 aromatic heterocycles. The minimum atomic E-state index is 0.0561. The average Bonchev–Trinajstić information content (AvgIpc) is 3.22. The van der Waals surface area contributed by atoms with Gasteiger partial charge in [-0.3, -0.25) is 0 Å². The second-order valence-electron chi connectivity index (χ2n) is 6.78. The summed E-state index contributed by atoms with van der Waals surface area (Å²) in [6.45, 7) is 8.70. The third-order valence-corrected chi connectivity index (χ3v) is 3.92. The largest absolute Gasteiger partial charge is 0.476 e. The fourth-order valence-corrected chi connectivity index (χ4v) is 2.20. The van der Waals surface area contributed by atoms with E-state index in [1.807, 2.05) is 6.07 Å². The molecule has 0 aliphatic heterocycles. The van der Waals surface area contributed by atoms with Crippen LogP contribution in [0, 0.1) is 0 Å². The molecule has 1 fully saturated rings. The van der Waals surface area contributed by atoms with Crippen LogP contribution < -0.4 is 10.1 Å². The summed E-state index contributed by atoms with van der Waals surface area (Å²) >= 11 is 6.19. The Labute approximate surface area is 132 Å². The maximum atomic E-state index is 6.19. The molecule has 21 heavy (non-hydrogen) atoms. The molecule has 0 unspecified atom stereocenters. The van der Waals surface area contributed by atoms with Crippen LogP contribution in [0.25, 0.3) is 0 Å². The molecule has 0 bridgehead atoms. The molecule has 0 atom stereocenters. The van der Waals surface area contributed by atoms with Crippen LogP contribution in [0.2, 0.25) is 5.02 Å². The number of ether oxygens (including phenoxy) is 1. The summed E-state index contributed by atoms with van der Waals surface area (Å²) in [6, 6.07) is 2.69. The highest BCUT2D eigenvalue weighted by molar-refractivity contribution is 6.31. The Balaban J connectivity index is 1.85. The van der Waals surface area contributed by atoms with Crippen LogP contribution in [-0.2, 0) is 6.54 Å². The first-order chi connectivity index (χ1) is 9.85. The second kappa shape index (κ2) is 6.95. The van der Waals surface area contributed by atoms with Gasteiger partial charge < -0.3 is 15.0 Å². The molecule has 1 heterocycles. The smallest absolute Gasteiger partial charge is 0.213 e. The van der Waals surface area contributed by atoms with Crippen LogP contribution in [0.15, 0.2) is 12.3 Å². The third-order valence-electron chi connectivity index (χ3n) is 3.58. The predicted molar refractivity (Wildman–Crippen MR) is 87.0 cm³/mol. The van der Waals surface area contributed by atoms with Crippen molar-refractivity contribution in [3.63, 3.8) is 0 Å². The molecule has 0 aromatic carbocycles. The minimum absolute atomic E-state index is 0.0561. The van der Waals surface area contributed by atoms with Gasteiger partial charge in [0.25, 0.3) is 0 Å². The van der Waals surface area contributed by atoms with Gasteiger partial charge in [-0.25, -0.2) is 4.98 Å². The van der Waals surface area contributed by atoms with Crippen molar-refractivity contribution in [3.05, 3.63) is 22.8 Å². The molecular weight excluding hydrogens is 286 g/mol. The summed E-state index contributed by atoms with van der Waals surface area (Å²) in [6.07, 6.45) is 4.30. The Kier molecular flexibility index (Phi) is 5.47. The highest BCUT2D eigenvalue weighted by Gasteiger charge is 2.25. The topological polar surface area (TPSA) is 37.4 Å². The van der Waals surface area contributed by atoms with E-state index < -0.39 is 0 Å². The lowest BCUT2D eigenvalue weighted by atomic mass is 10.1. The number of likely N-dealkylation sites (N-methyl/N-ethyl adjacent to an activating group) is 1. The fourth-order valence-electron chi connectivity index (χ4n) is 2.03. The number of nitrogens with zero attached hydrogens (tertiary/aromatic N) is 2. The SMILES string of the molecule is CN(CCOc1cc(CNC(C)(C)C)c(Cl)cn1)C1CC1. The molecule has 5 heteroatoms. The number of pyridine rings is 1. The molecule has 118 valence electrons. The second-order valence-corrected chi connectivity index (χ2v) is 7.18. The molecule has 2 rings (SSSR count). The van der Waals surface area contributed by atoms with Gasteiger partial charge in [0.2, 0.25) is 5.88 Å². The van der Waals surface area contributed by atoms with Crippen molar-refractivity contribution in [2.75, 3.05) is 20.2 Å². The van der Waals surface area contributed by atoms with E-state index in [-0.39, 0.29) is 5.54 Å². The van der Waals surface area contributed by atoms with Crippen molar-refractivity contribution >= 4 is 11.6 Å². The molecule has 0 amide bonds. The van der Waals surface area contributed by atoms with E-state index in [1.165, 1.54) is 12.8 Å². The predicted octanol–water partition coefficient (Wildman–Crippen LogP) is 3.10. The summed E-state index contributed by atoms with van der Waals surface area (Å²) in [4.78, 5) is 6.59. The molecule has 1 aliphatic carbocycles. The van der Waals surface area contributed by atoms with E-state index in [4.69, 9.17) is 16.3 Å². The Morgan fingerprint density at radius 2 is 2.14 bits per heavy atom. The standard InChI is InChI=1S/C16H26ClN3O/c1-16(2,3)19-10-12-9-15(18-11-14(12)17)21-8-7-20(4)13-5-6-13/h9,11,13,19H,5-8,10H2,1-4H3. The fraction of sp³-hybridized carbons (Fsp3) is 0.688. The van der Waals surface area contributed by atoms with Gasteiger partial charge in [-0.15, -0.1) is 0 Å². The van der Waals surface area contributed by atoms with E-state index in [0.717, 1.165) is 18.2 Å². The molecule has 1 N–H and O–H groups in total. The van der Waals surface area contributed by atoms with Gasteiger partial charge >= 0.3 is 0 Å². The van der Waals surface area contributed by atoms with E-state index in [0.29, 0.717) is 24.1 Å². The van der Waals surface area contributed by atoms with Gasteiger partial charge in [0, 0.05) is 36.9 Å². The van der Waals surface area contributed by atoms with Crippen molar-refractivity contribution in [2.24, 2.45) is 0 Å². The van der Waals surface area contributed by atoms with Gasteiger partial charge in [0.15, 0.2) is 0 Å².